The third-order valence-electron chi connectivity index (χ3n) is 8.46. The van der Waals surface area contributed by atoms with Gasteiger partial charge in [0.15, 0.2) is 0 Å². The van der Waals surface area contributed by atoms with E-state index in [1.165, 1.54) is 0 Å². The molecular weight excluding hydrogens is 783 g/mol. The number of aliphatic carboxylic acids is 1. The van der Waals surface area contributed by atoms with Crippen LogP contribution < -0.4 is 38.1 Å². The second-order valence-corrected chi connectivity index (χ2v) is 14.3. The van der Waals surface area contributed by atoms with Crippen molar-refractivity contribution in [1.29, 1.82) is 0 Å². The summed E-state index contributed by atoms with van der Waals surface area (Å²) in [4.78, 5) is 122. The van der Waals surface area contributed by atoms with Gasteiger partial charge in [0.1, 0.15) is 42.3 Å². The summed E-state index contributed by atoms with van der Waals surface area (Å²) in [6, 6.07) is -3.62. The highest BCUT2D eigenvalue weighted by molar-refractivity contribution is 7.46. The molecule has 1 fully saturated rings. The Morgan fingerprint density at radius 3 is 1.89 bits per heavy atom. The van der Waals surface area contributed by atoms with Crippen LogP contribution in [0.15, 0.2) is 30.3 Å². The molecule has 0 spiro atoms. The van der Waals surface area contributed by atoms with Crippen molar-refractivity contribution in [2.24, 2.45) is 11.5 Å². The molecule has 0 aromatic heterocycles. The van der Waals surface area contributed by atoms with Gasteiger partial charge < -0.3 is 73.2 Å². The Kier molecular flexibility index (Phi) is 18.6. The molecular formula is C32H49N8O16P. The Morgan fingerprint density at radius 2 is 1.39 bits per heavy atom. The van der Waals surface area contributed by atoms with E-state index in [1.54, 1.807) is 30.3 Å². The molecule has 1 aromatic rings. The molecule has 0 radical (unpaired) electrons. The number of carboxylic acids is 1. The molecule has 1 aromatic carbocycles. The highest BCUT2D eigenvalue weighted by Gasteiger charge is 2.42. The Hall–Kier alpha value is -5.07. The van der Waals surface area contributed by atoms with Crippen LogP contribution >= 0.6 is 7.82 Å². The second kappa shape index (κ2) is 22.0. The minimum Gasteiger partial charge on any atom is -0.480 e. The summed E-state index contributed by atoms with van der Waals surface area (Å²) in [6.07, 6.45) is -4.15. The average Bonchev–Trinajstić information content (AvgIpc) is 3.63. The number of carbonyl (C=O) groups is 8. The summed E-state index contributed by atoms with van der Waals surface area (Å²) in [5.41, 5.74) is 11.0. The molecule has 57 heavy (non-hydrogen) atoms. The molecule has 0 aliphatic carbocycles. The maximum atomic E-state index is 13.8. The molecule has 1 heterocycles. The number of amides is 7. The van der Waals surface area contributed by atoms with Gasteiger partial charge in [-0.05, 0) is 32.3 Å². The lowest BCUT2D eigenvalue weighted by Gasteiger charge is -2.31. The number of phosphoric acid groups is 1. The Morgan fingerprint density at radius 1 is 0.842 bits per heavy atom. The van der Waals surface area contributed by atoms with E-state index in [2.05, 4.69) is 31.1 Å². The number of primary amides is 1. The maximum absolute atomic E-state index is 13.8. The zero-order valence-corrected chi connectivity index (χ0v) is 31.7. The summed E-state index contributed by atoms with van der Waals surface area (Å²) in [5.74, 6) is -9.28. The standard InChI is InChI=1S/C32H49N8O16P/c1-15(42)24(38-26(45)18(33)13-41)30(49)37-21(14-56-57(53,54)55)31(50)40-10-6-9-22(40)28(47)39-25(16(2)43)29(48)35-19(11-17-7-4-3-5-8-17)27(46)36-20(32(51)52)12-23(34)44/h3-5,7-8,15-16,18-22,24-25,41-43H,6,9-14,33H2,1-2H3,(H2,34,44)(H,35,48)(H,36,46)(H,37,49)(H,38,45)(H,39,47)(H,51,52)(H2,53,54,55)/t15-,16-,18+,19+,20+,21+,22+,24+,25+/m1/s1. The normalized spacial score (nSPS) is 18.3. The first-order valence-corrected chi connectivity index (χ1v) is 18.9. The van der Waals surface area contributed by atoms with Gasteiger partial charge in [0.05, 0.1) is 31.8 Å². The van der Waals surface area contributed by atoms with Crippen LogP contribution in [0.2, 0.25) is 0 Å². The molecule has 25 heteroatoms. The maximum Gasteiger partial charge on any atom is 0.469 e. The smallest absolute Gasteiger partial charge is 0.469 e. The number of benzene rings is 1. The molecule has 0 saturated carbocycles. The van der Waals surface area contributed by atoms with Crippen LogP contribution in [0, 0.1) is 0 Å². The lowest BCUT2D eigenvalue weighted by Crippen LogP contribution is -2.62. The molecule has 318 valence electrons. The van der Waals surface area contributed by atoms with Crippen molar-refractivity contribution >= 4 is 55.1 Å². The molecule has 9 atom stereocenters. The number of rotatable bonds is 22. The first-order chi connectivity index (χ1) is 26.6. The van der Waals surface area contributed by atoms with E-state index in [-0.39, 0.29) is 25.8 Å². The van der Waals surface area contributed by atoms with E-state index in [0.717, 1.165) is 18.7 Å². The van der Waals surface area contributed by atoms with Crippen molar-refractivity contribution in [2.45, 2.75) is 94.0 Å². The van der Waals surface area contributed by atoms with Gasteiger partial charge in [-0.3, -0.25) is 38.1 Å². The Balaban J connectivity index is 2.34. The monoisotopic (exact) mass is 832 g/mol. The second-order valence-electron chi connectivity index (χ2n) is 13.1. The molecule has 2 rings (SSSR count). The molecule has 7 amide bonds. The topological polar surface area (TPSA) is 400 Å². The number of likely N-dealkylation sites (tertiary alicyclic amines) is 1. The van der Waals surface area contributed by atoms with Gasteiger partial charge in [0, 0.05) is 13.0 Å². The van der Waals surface area contributed by atoms with Gasteiger partial charge in [-0.2, -0.15) is 0 Å². The van der Waals surface area contributed by atoms with Gasteiger partial charge in [-0.15, -0.1) is 0 Å². The van der Waals surface area contributed by atoms with Gasteiger partial charge >= 0.3 is 13.8 Å². The summed E-state index contributed by atoms with van der Waals surface area (Å²) in [6.45, 7) is 0.0462. The number of phosphoric ester groups is 1. The van der Waals surface area contributed by atoms with E-state index < -0.39 is 129 Å². The van der Waals surface area contributed by atoms with Crippen LogP contribution in [-0.4, -0.2) is 157 Å². The highest BCUT2D eigenvalue weighted by atomic mass is 31.2. The molecule has 1 aliphatic rings. The average molecular weight is 833 g/mol. The molecule has 15 N–H and O–H groups in total. The molecule has 1 aliphatic heterocycles. The SMILES string of the molecule is C[C@@H](O)[C@H](NC(=O)[C@@H](N)CO)C(=O)N[C@@H](COP(=O)(O)O)C(=O)N1CCC[C@H]1C(=O)N[C@H](C(=O)N[C@@H](Cc1ccccc1)C(=O)N[C@@H](CC(N)=O)C(=O)O)[C@@H](C)O. The Bertz CT molecular complexity index is 1660. The van der Waals surface area contributed by atoms with Crippen LogP contribution in [0.5, 0.6) is 0 Å². The lowest BCUT2D eigenvalue weighted by atomic mass is 10.0. The van der Waals surface area contributed by atoms with Crippen LogP contribution in [0.1, 0.15) is 38.7 Å². The largest absolute Gasteiger partial charge is 0.480 e. The zero-order valence-electron chi connectivity index (χ0n) is 30.8. The fourth-order valence-electron chi connectivity index (χ4n) is 5.51. The van der Waals surface area contributed by atoms with Crippen molar-refractivity contribution in [3.8, 4) is 0 Å². The van der Waals surface area contributed by atoms with E-state index in [4.69, 9.17) is 16.6 Å². The number of nitrogens with zero attached hydrogens (tertiary/aromatic N) is 1. The van der Waals surface area contributed by atoms with E-state index in [9.17, 15) is 68.0 Å². The summed E-state index contributed by atoms with van der Waals surface area (Å²) in [5, 5.41) is 50.3. The van der Waals surface area contributed by atoms with Crippen molar-refractivity contribution in [3.63, 3.8) is 0 Å². The van der Waals surface area contributed by atoms with Crippen LogP contribution in [0.25, 0.3) is 0 Å². The third kappa shape index (κ3) is 15.4. The number of nitrogens with one attached hydrogen (secondary N) is 5. The molecule has 24 nitrogen and oxygen atoms in total. The third-order valence-corrected chi connectivity index (χ3v) is 8.94. The van der Waals surface area contributed by atoms with Crippen molar-refractivity contribution in [1.82, 2.24) is 31.5 Å². The first kappa shape index (κ1) is 48.1. The van der Waals surface area contributed by atoms with Crippen molar-refractivity contribution in [2.75, 3.05) is 19.8 Å². The molecule has 0 unspecified atom stereocenters. The fraction of sp³-hybridized carbons (Fsp3) is 0.562. The van der Waals surface area contributed by atoms with Gasteiger partial charge in [-0.25, -0.2) is 9.36 Å². The van der Waals surface area contributed by atoms with Crippen LogP contribution in [0.4, 0.5) is 0 Å². The summed E-state index contributed by atoms with van der Waals surface area (Å²) >= 11 is 0. The van der Waals surface area contributed by atoms with Gasteiger partial charge in [-0.1, -0.05) is 30.3 Å². The van der Waals surface area contributed by atoms with E-state index in [1.807, 2.05) is 0 Å². The van der Waals surface area contributed by atoms with Gasteiger partial charge in [0.2, 0.25) is 41.4 Å². The minimum absolute atomic E-state index is 0.0490. The van der Waals surface area contributed by atoms with Gasteiger partial charge in [0.25, 0.3) is 0 Å². The predicted molar refractivity (Wildman–Crippen MR) is 192 cm³/mol. The number of carboxylic acid groups (broad SMARTS) is 1. The van der Waals surface area contributed by atoms with Crippen LogP contribution in [-0.2, 0) is 53.9 Å². The molecule has 1 saturated heterocycles. The minimum atomic E-state index is -5.27. The molecule has 0 bridgehead atoms. The highest BCUT2D eigenvalue weighted by Crippen LogP contribution is 2.36. The quantitative estimate of drug-likeness (QED) is 0.0483. The first-order valence-electron chi connectivity index (χ1n) is 17.4. The summed E-state index contributed by atoms with van der Waals surface area (Å²) < 4.78 is 16.0. The Labute approximate surface area is 325 Å². The van der Waals surface area contributed by atoms with Crippen LogP contribution in [0.3, 0.4) is 0 Å². The lowest BCUT2D eigenvalue weighted by molar-refractivity contribution is -0.144. The predicted octanol–water partition coefficient (Wildman–Crippen LogP) is -6.21. The summed E-state index contributed by atoms with van der Waals surface area (Å²) in [7, 11) is -5.27. The fourth-order valence-corrected chi connectivity index (χ4v) is 5.85. The number of hydrogen-bond acceptors (Lipinski definition) is 14. The number of nitrogens with two attached hydrogens (primary N) is 2. The zero-order chi connectivity index (χ0) is 43.2. The number of aliphatic hydroxyl groups is 3. The number of carbonyl (C=O) groups excluding carboxylic acids is 7. The van der Waals surface area contributed by atoms with Crippen molar-refractivity contribution < 1.29 is 77.7 Å². The number of hydrogen-bond donors (Lipinski definition) is 13. The number of aliphatic hydroxyl groups excluding tert-OH is 3. The van der Waals surface area contributed by atoms with E-state index >= 15 is 0 Å². The van der Waals surface area contributed by atoms with Crippen molar-refractivity contribution in [3.05, 3.63) is 35.9 Å². The van der Waals surface area contributed by atoms with E-state index in [0.29, 0.717) is 5.56 Å².